The molecule has 7 nitrogen and oxygen atoms in total. The van der Waals surface area contributed by atoms with Gasteiger partial charge in [-0.25, -0.2) is 18.4 Å². The molecule has 3 N–H and O–H groups in total. The van der Waals surface area contributed by atoms with Gasteiger partial charge in [-0.05, 0) is 42.2 Å². The highest BCUT2D eigenvalue weighted by atomic mass is 32.2. The molecule has 0 radical (unpaired) electrons. The van der Waals surface area contributed by atoms with E-state index < -0.39 is 28.5 Å². The van der Waals surface area contributed by atoms with Gasteiger partial charge in [0, 0.05) is 5.69 Å². The summed E-state index contributed by atoms with van der Waals surface area (Å²) in [7, 11) is -3.93. The molecular formula is C19H22N2O5S. The lowest BCUT2D eigenvalue weighted by molar-refractivity contribution is -0.119. The van der Waals surface area contributed by atoms with Gasteiger partial charge in [-0.1, -0.05) is 38.1 Å². The molecule has 2 aromatic carbocycles. The van der Waals surface area contributed by atoms with E-state index in [2.05, 4.69) is 5.32 Å². The molecule has 0 saturated heterocycles. The first-order valence-corrected chi connectivity index (χ1v) is 10.0. The Balaban J connectivity index is 2.05. The molecule has 0 saturated carbocycles. The fourth-order valence-electron chi connectivity index (χ4n) is 2.59. The van der Waals surface area contributed by atoms with Crippen LogP contribution in [0.25, 0.3) is 0 Å². The van der Waals surface area contributed by atoms with E-state index in [0.29, 0.717) is 0 Å². The number of rotatable bonds is 7. The lowest BCUT2D eigenvalue weighted by Crippen LogP contribution is -2.22. The predicted octanol–water partition coefficient (Wildman–Crippen LogP) is 2.25. The van der Waals surface area contributed by atoms with Crippen LogP contribution in [0, 0.1) is 0 Å². The number of benzene rings is 2. The van der Waals surface area contributed by atoms with Crippen molar-refractivity contribution < 1.29 is 22.7 Å². The first-order chi connectivity index (χ1) is 12.8. The van der Waals surface area contributed by atoms with Crippen LogP contribution < -0.4 is 10.5 Å². The van der Waals surface area contributed by atoms with E-state index in [1.165, 1.54) is 18.2 Å². The van der Waals surface area contributed by atoms with E-state index in [-0.39, 0.29) is 10.5 Å². The van der Waals surface area contributed by atoms with Crippen LogP contribution in [0.4, 0.5) is 5.69 Å². The molecule has 0 heterocycles. The molecule has 0 aromatic heterocycles. The van der Waals surface area contributed by atoms with Crippen molar-refractivity contribution in [3.63, 3.8) is 0 Å². The topological polar surface area (TPSA) is 116 Å². The van der Waals surface area contributed by atoms with Crippen LogP contribution in [0.2, 0.25) is 0 Å². The van der Waals surface area contributed by atoms with E-state index in [4.69, 9.17) is 9.88 Å². The number of para-hydroxylation sites is 1. The Morgan fingerprint density at radius 2 is 1.63 bits per heavy atom. The third kappa shape index (κ3) is 5.38. The fraction of sp³-hybridized carbons (Fsp3) is 0.263. The number of sulfonamides is 1. The lowest BCUT2D eigenvalue weighted by atomic mass is 10.0. The molecule has 2 aromatic rings. The van der Waals surface area contributed by atoms with Crippen LogP contribution in [0.3, 0.4) is 0 Å². The maximum atomic E-state index is 12.2. The summed E-state index contributed by atoms with van der Waals surface area (Å²) in [6.07, 6.45) is 1.51. The first-order valence-electron chi connectivity index (χ1n) is 8.46. The number of primary sulfonamides is 1. The number of aryl methyl sites for hydroxylation is 2. The molecule has 0 spiro atoms. The van der Waals surface area contributed by atoms with Gasteiger partial charge >= 0.3 is 5.97 Å². The second-order valence-electron chi connectivity index (χ2n) is 5.86. The van der Waals surface area contributed by atoms with Crippen molar-refractivity contribution in [1.82, 2.24) is 0 Å². The predicted molar refractivity (Wildman–Crippen MR) is 102 cm³/mol. The van der Waals surface area contributed by atoms with Gasteiger partial charge in [-0.15, -0.1) is 0 Å². The Hall–Kier alpha value is -2.71. The SMILES string of the molecule is CCc1cccc(CC)c1NC(=O)COC(=O)c1cccc(S(N)(=O)=O)c1. The van der Waals surface area contributed by atoms with Crippen molar-refractivity contribution in [2.24, 2.45) is 5.14 Å². The van der Waals surface area contributed by atoms with Gasteiger partial charge in [0.15, 0.2) is 6.61 Å². The standard InChI is InChI=1S/C19H22N2O5S/c1-3-13-7-5-8-14(4-2)18(13)21-17(22)12-26-19(23)15-9-6-10-16(11-15)27(20,24)25/h5-11H,3-4,12H2,1-2H3,(H,21,22)(H2,20,24,25). The third-order valence-electron chi connectivity index (χ3n) is 4.00. The van der Waals surface area contributed by atoms with Crippen LogP contribution in [-0.2, 0) is 32.4 Å². The number of anilines is 1. The number of esters is 1. The molecule has 0 aliphatic heterocycles. The Bertz CT molecular complexity index is 932. The second kappa shape index (κ2) is 8.79. The normalized spacial score (nSPS) is 11.1. The van der Waals surface area contributed by atoms with Crippen molar-refractivity contribution in [2.45, 2.75) is 31.6 Å². The van der Waals surface area contributed by atoms with Gasteiger partial charge in [0.05, 0.1) is 10.5 Å². The summed E-state index contributed by atoms with van der Waals surface area (Å²) in [5.41, 5.74) is 2.72. The highest BCUT2D eigenvalue weighted by molar-refractivity contribution is 7.89. The number of hydrogen-bond donors (Lipinski definition) is 2. The number of carbonyl (C=O) groups is 2. The summed E-state index contributed by atoms with van der Waals surface area (Å²) in [4.78, 5) is 24.1. The van der Waals surface area contributed by atoms with E-state index in [0.717, 1.165) is 35.7 Å². The lowest BCUT2D eigenvalue weighted by Gasteiger charge is -2.14. The molecule has 0 unspecified atom stereocenters. The summed E-state index contributed by atoms with van der Waals surface area (Å²) in [5.74, 6) is -1.28. The summed E-state index contributed by atoms with van der Waals surface area (Å²) in [6, 6.07) is 10.9. The number of nitrogens with two attached hydrogens (primary N) is 1. The molecule has 0 fully saturated rings. The highest BCUT2D eigenvalue weighted by Crippen LogP contribution is 2.22. The Labute approximate surface area is 158 Å². The molecule has 8 heteroatoms. The number of carbonyl (C=O) groups excluding carboxylic acids is 2. The van der Waals surface area contributed by atoms with Gasteiger partial charge in [-0.3, -0.25) is 4.79 Å². The van der Waals surface area contributed by atoms with Crippen molar-refractivity contribution in [3.8, 4) is 0 Å². The zero-order chi connectivity index (χ0) is 20.0. The Kier molecular flexibility index (Phi) is 6.70. The van der Waals surface area contributed by atoms with E-state index in [9.17, 15) is 18.0 Å². The summed E-state index contributed by atoms with van der Waals surface area (Å²) in [5, 5.41) is 7.84. The van der Waals surface area contributed by atoms with Crippen LogP contribution in [0.1, 0.15) is 35.3 Å². The summed E-state index contributed by atoms with van der Waals surface area (Å²) in [6.45, 7) is 3.49. The van der Waals surface area contributed by atoms with Gasteiger partial charge in [0.1, 0.15) is 0 Å². The zero-order valence-corrected chi connectivity index (χ0v) is 16.0. The third-order valence-corrected chi connectivity index (χ3v) is 4.91. The molecule has 0 atom stereocenters. The van der Waals surface area contributed by atoms with Gasteiger partial charge < -0.3 is 10.1 Å². The fourth-order valence-corrected chi connectivity index (χ4v) is 3.15. The maximum absolute atomic E-state index is 12.2. The Morgan fingerprint density at radius 3 is 2.19 bits per heavy atom. The van der Waals surface area contributed by atoms with Gasteiger partial charge in [-0.2, -0.15) is 0 Å². The minimum Gasteiger partial charge on any atom is -0.452 e. The quantitative estimate of drug-likeness (QED) is 0.704. The van der Waals surface area contributed by atoms with E-state index >= 15 is 0 Å². The van der Waals surface area contributed by atoms with Crippen molar-refractivity contribution in [1.29, 1.82) is 0 Å². The minimum atomic E-state index is -3.93. The number of hydrogen-bond acceptors (Lipinski definition) is 5. The number of nitrogens with one attached hydrogen (secondary N) is 1. The molecule has 27 heavy (non-hydrogen) atoms. The second-order valence-corrected chi connectivity index (χ2v) is 7.42. The van der Waals surface area contributed by atoms with Crippen LogP contribution in [0.5, 0.6) is 0 Å². The van der Waals surface area contributed by atoms with Gasteiger partial charge in [0.25, 0.3) is 5.91 Å². The molecule has 1 amide bonds. The maximum Gasteiger partial charge on any atom is 0.338 e. The molecule has 0 bridgehead atoms. The highest BCUT2D eigenvalue weighted by Gasteiger charge is 2.15. The van der Waals surface area contributed by atoms with E-state index in [1.54, 1.807) is 0 Å². The number of ether oxygens (including phenoxy) is 1. The first kappa shape index (κ1) is 20.6. The molecule has 0 aliphatic carbocycles. The molecule has 0 aliphatic rings. The van der Waals surface area contributed by atoms with Crippen LogP contribution in [-0.4, -0.2) is 26.9 Å². The monoisotopic (exact) mass is 390 g/mol. The van der Waals surface area contributed by atoms with Gasteiger partial charge in [0.2, 0.25) is 10.0 Å². The summed E-state index contributed by atoms with van der Waals surface area (Å²) >= 11 is 0. The van der Waals surface area contributed by atoms with Crippen molar-refractivity contribution >= 4 is 27.6 Å². The smallest absolute Gasteiger partial charge is 0.338 e. The zero-order valence-electron chi connectivity index (χ0n) is 15.2. The molecule has 144 valence electrons. The van der Waals surface area contributed by atoms with Crippen LogP contribution >= 0.6 is 0 Å². The van der Waals surface area contributed by atoms with Crippen LogP contribution in [0.15, 0.2) is 47.4 Å². The minimum absolute atomic E-state index is 0.00229. The van der Waals surface area contributed by atoms with Crippen molar-refractivity contribution in [2.75, 3.05) is 11.9 Å². The Morgan fingerprint density at radius 1 is 1.04 bits per heavy atom. The van der Waals surface area contributed by atoms with E-state index in [1.807, 2.05) is 32.0 Å². The molecular weight excluding hydrogens is 368 g/mol. The average molecular weight is 390 g/mol. The number of amides is 1. The summed E-state index contributed by atoms with van der Waals surface area (Å²) < 4.78 is 27.7. The van der Waals surface area contributed by atoms with Crippen molar-refractivity contribution in [3.05, 3.63) is 59.2 Å². The average Bonchev–Trinajstić information content (AvgIpc) is 2.65. The molecule has 2 rings (SSSR count). The largest absolute Gasteiger partial charge is 0.452 e.